The van der Waals surface area contributed by atoms with Crippen LogP contribution in [0.15, 0.2) is 243 Å². The zero-order valence-electron chi connectivity index (χ0n) is 72.6. The van der Waals surface area contributed by atoms with E-state index in [0.29, 0.717) is 85.0 Å². The Balaban J connectivity index is 1.06. The average Bonchev–Trinajstić information content (AvgIpc) is 0.832. The van der Waals surface area contributed by atoms with E-state index < -0.39 is 136 Å². The Bertz CT molecular complexity index is 4670. The SMILES string of the molecule is C[C@@H](c1ccccc1)N(CC(=O)N(CCCCN)CC(=O)N(CC(=O)N(CC(N)=O)Cc1ccccc1)Cc1ccccc1)C(=O)CN(Cc1ccccc1)C(=O)CN(CCCCN)C(=O)CN(Cc1ccccc1)C(=O)CN(Cc1ccccc1)C(=O)CN(CCCCN)C(=O)CN(Cc1ccccc1)C(=O)CN(Cc1ccccc1)C(=O)CNCCCCN. The third-order valence-corrected chi connectivity index (χ3v) is 21.4. The van der Waals surface area contributed by atoms with E-state index in [9.17, 15) is 19.2 Å². The lowest BCUT2D eigenvalue weighted by Crippen LogP contribution is -2.53. The van der Waals surface area contributed by atoms with E-state index in [1.807, 2.05) is 84.9 Å². The van der Waals surface area contributed by atoms with Gasteiger partial charge in [0.2, 0.25) is 70.9 Å². The van der Waals surface area contributed by atoms with E-state index in [-0.39, 0.29) is 104 Å². The highest BCUT2D eigenvalue weighted by Gasteiger charge is 2.35. The van der Waals surface area contributed by atoms with E-state index in [2.05, 4.69) is 5.32 Å². The molecule has 126 heavy (non-hydrogen) atoms. The smallest absolute Gasteiger partial charge is 0.243 e. The zero-order valence-corrected chi connectivity index (χ0v) is 72.6. The van der Waals surface area contributed by atoms with Crippen LogP contribution in [-0.2, 0) is 103 Å². The van der Waals surface area contributed by atoms with Crippen molar-refractivity contribution in [2.45, 2.75) is 110 Å². The van der Waals surface area contributed by atoms with Crippen molar-refractivity contribution in [3.63, 3.8) is 0 Å². The molecule has 670 valence electrons. The Hall–Kier alpha value is -12.8. The number of hydrogen-bond donors (Lipinski definition) is 6. The summed E-state index contributed by atoms with van der Waals surface area (Å²) in [5.74, 6) is -7.25. The summed E-state index contributed by atoms with van der Waals surface area (Å²) in [6, 6.07) is 71.4. The van der Waals surface area contributed by atoms with Gasteiger partial charge in [0.25, 0.3) is 0 Å². The van der Waals surface area contributed by atoms with Crippen molar-refractivity contribution in [3.8, 4) is 0 Å². The number of primary amides is 1. The lowest BCUT2D eigenvalue weighted by atomic mass is 10.1. The summed E-state index contributed by atoms with van der Waals surface area (Å²) in [5, 5.41) is 3.18. The van der Waals surface area contributed by atoms with Gasteiger partial charge in [-0.1, -0.05) is 243 Å². The molecule has 0 saturated heterocycles. The number of rotatable bonds is 56. The molecule has 0 bridgehead atoms. The van der Waals surface area contributed by atoms with Crippen LogP contribution in [0.2, 0.25) is 0 Å². The Labute approximate surface area is 740 Å². The maximum absolute atomic E-state index is 15.7. The van der Waals surface area contributed by atoms with E-state index in [1.165, 1.54) is 53.9 Å². The fourth-order valence-electron chi connectivity index (χ4n) is 14.3. The van der Waals surface area contributed by atoms with Gasteiger partial charge >= 0.3 is 0 Å². The molecule has 0 spiro atoms. The molecule has 0 aliphatic carbocycles. The number of amides is 12. The van der Waals surface area contributed by atoms with Crippen molar-refractivity contribution in [1.29, 1.82) is 0 Å². The maximum Gasteiger partial charge on any atom is 0.243 e. The second kappa shape index (κ2) is 54.7. The van der Waals surface area contributed by atoms with Crippen LogP contribution in [0.1, 0.15) is 109 Å². The van der Waals surface area contributed by atoms with Crippen molar-refractivity contribution < 1.29 is 57.5 Å². The molecule has 12 amide bonds. The van der Waals surface area contributed by atoms with Crippen molar-refractivity contribution in [1.82, 2.24) is 59.2 Å². The van der Waals surface area contributed by atoms with Gasteiger partial charge < -0.3 is 87.9 Å². The standard InChI is InChI=1S/C97H125N17O12/c1-77(85-48-24-9-25-49-85)114(76-96(125)106(57-33-29-53-101)69-91(120)111(63-82-42-18-6-19-43-82)73-93(122)107(66-86(102)115)59-78-34-10-2-11-35-78)97(126)75-113(65-84-46-22-8-23-47-84)92(121)68-105(56-32-28-52-100)89(118)71-110(62-81-40-16-5-17-41-81)95(124)74-112(64-83-44-20-7-21-45-83)90(119)67-104(55-31-27-51-99)88(117)70-109(61-80-38-14-4-15-39-80)94(123)72-108(60-79-36-12-3-13-37-79)87(116)58-103-54-30-26-50-98/h2-25,34-49,77,103H,26-33,50-76,98-101H2,1H3,(H2,102,115)/t77-/m0/s1. The number of nitrogens with two attached hydrogens (primary N) is 5. The molecule has 29 nitrogen and oxygen atoms in total. The van der Waals surface area contributed by atoms with Gasteiger partial charge in [-0.2, -0.15) is 0 Å². The lowest BCUT2D eigenvalue weighted by molar-refractivity contribution is -0.150. The number of carbonyl (C=O) groups is 12. The van der Waals surface area contributed by atoms with Gasteiger partial charge in [-0.05, 0) is 136 Å². The summed E-state index contributed by atoms with van der Waals surface area (Å²) in [6.45, 7) is -2.50. The fraction of sp³-hybridized carbons (Fsp3) is 0.381. The number of carbonyl (C=O) groups excluding carboxylic acids is 12. The summed E-state index contributed by atoms with van der Waals surface area (Å²) < 4.78 is 0. The highest BCUT2D eigenvalue weighted by atomic mass is 16.2. The van der Waals surface area contributed by atoms with Crippen molar-refractivity contribution in [2.75, 3.05) is 131 Å². The topological polar surface area (TPSA) is 383 Å². The highest BCUT2D eigenvalue weighted by molar-refractivity contribution is 5.95. The van der Waals surface area contributed by atoms with Crippen LogP contribution >= 0.6 is 0 Å². The maximum atomic E-state index is 15.7. The Morgan fingerprint density at radius 1 is 0.246 bits per heavy atom. The predicted octanol–water partition coefficient (Wildman–Crippen LogP) is 6.29. The number of benzene rings is 8. The molecule has 0 aromatic heterocycles. The molecule has 0 aliphatic heterocycles. The van der Waals surface area contributed by atoms with Crippen LogP contribution in [-0.4, -0.2) is 256 Å². The van der Waals surface area contributed by atoms with Gasteiger partial charge in [0.1, 0.15) is 45.8 Å². The van der Waals surface area contributed by atoms with Crippen LogP contribution in [0.4, 0.5) is 0 Å². The minimum absolute atomic E-state index is 0.0125. The molecule has 0 unspecified atom stereocenters. The molecule has 29 heteroatoms. The summed E-state index contributed by atoms with van der Waals surface area (Å²) in [7, 11) is 0. The van der Waals surface area contributed by atoms with E-state index >= 15 is 38.4 Å². The third-order valence-electron chi connectivity index (χ3n) is 21.4. The summed E-state index contributed by atoms with van der Waals surface area (Å²) >= 11 is 0. The molecule has 8 rings (SSSR count). The monoisotopic (exact) mass is 1720 g/mol. The van der Waals surface area contributed by atoms with Gasteiger partial charge in [0.05, 0.1) is 38.8 Å². The van der Waals surface area contributed by atoms with Gasteiger partial charge in [0.15, 0.2) is 0 Å². The predicted molar refractivity (Wildman–Crippen MR) is 485 cm³/mol. The molecule has 8 aromatic rings. The first kappa shape index (κ1) is 98.6. The minimum atomic E-state index is -0.814. The first-order chi connectivity index (χ1) is 61.1. The van der Waals surface area contributed by atoms with Crippen LogP contribution in [0, 0.1) is 0 Å². The molecular weight excluding hydrogens is 1600 g/mol. The van der Waals surface area contributed by atoms with Crippen molar-refractivity contribution >= 4 is 70.9 Å². The molecule has 0 aliphatic rings. The highest BCUT2D eigenvalue weighted by Crippen LogP contribution is 2.24. The van der Waals surface area contributed by atoms with Crippen LogP contribution in [0.5, 0.6) is 0 Å². The van der Waals surface area contributed by atoms with Crippen molar-refractivity contribution in [2.24, 2.45) is 28.7 Å². The van der Waals surface area contributed by atoms with Gasteiger partial charge in [-0.15, -0.1) is 0 Å². The van der Waals surface area contributed by atoms with Crippen LogP contribution < -0.4 is 34.0 Å². The van der Waals surface area contributed by atoms with Gasteiger partial charge in [-0.3, -0.25) is 57.5 Å². The Kier molecular flexibility index (Phi) is 42.9. The average molecular weight is 1720 g/mol. The van der Waals surface area contributed by atoms with Crippen molar-refractivity contribution in [3.05, 3.63) is 287 Å². The quantitative estimate of drug-likeness (QED) is 0.0228. The molecule has 1 atom stereocenters. The Morgan fingerprint density at radius 3 is 0.706 bits per heavy atom. The summed E-state index contributed by atoms with van der Waals surface area (Å²) in [6.07, 6.45) is 3.98. The molecule has 0 fully saturated rings. The number of hydrogen-bond acceptors (Lipinski definition) is 17. The number of nitrogens with zero attached hydrogens (tertiary/aromatic N) is 11. The number of unbranched alkanes of at least 4 members (excludes halogenated alkanes) is 4. The minimum Gasteiger partial charge on any atom is -0.368 e. The third kappa shape index (κ3) is 34.7. The summed E-state index contributed by atoms with van der Waals surface area (Å²) in [4.78, 5) is 194. The van der Waals surface area contributed by atoms with E-state index in [0.717, 1.165) is 24.0 Å². The van der Waals surface area contributed by atoms with Crippen LogP contribution in [0.25, 0.3) is 0 Å². The zero-order chi connectivity index (χ0) is 90.2. The second-order valence-electron chi connectivity index (χ2n) is 31.3. The molecular formula is C97H125N17O12. The van der Waals surface area contributed by atoms with Crippen LogP contribution in [0.3, 0.4) is 0 Å². The molecule has 0 saturated carbocycles. The van der Waals surface area contributed by atoms with E-state index in [1.54, 1.807) is 165 Å². The lowest BCUT2D eigenvalue weighted by Gasteiger charge is -2.35. The Morgan fingerprint density at radius 2 is 0.452 bits per heavy atom. The second-order valence-corrected chi connectivity index (χ2v) is 31.3. The first-order valence-corrected chi connectivity index (χ1v) is 43.3. The molecule has 8 aromatic carbocycles. The fourth-order valence-corrected chi connectivity index (χ4v) is 14.3. The van der Waals surface area contributed by atoms with Gasteiger partial charge in [0, 0.05) is 65.4 Å². The van der Waals surface area contributed by atoms with Gasteiger partial charge in [-0.25, -0.2) is 0 Å². The van der Waals surface area contributed by atoms with E-state index in [4.69, 9.17) is 28.7 Å². The summed E-state index contributed by atoms with van der Waals surface area (Å²) in [5.41, 5.74) is 35.0. The number of nitrogens with one attached hydrogen (secondary N) is 1. The molecule has 0 heterocycles. The normalized spacial score (nSPS) is 11.2. The largest absolute Gasteiger partial charge is 0.368 e. The first-order valence-electron chi connectivity index (χ1n) is 43.3. The molecule has 0 radical (unpaired) electrons. The molecule has 11 N–H and O–H groups in total.